The summed E-state index contributed by atoms with van der Waals surface area (Å²) >= 11 is 0. The van der Waals surface area contributed by atoms with Gasteiger partial charge in [0.25, 0.3) is 0 Å². The third-order valence-electron chi connectivity index (χ3n) is 8.43. The van der Waals surface area contributed by atoms with Crippen molar-refractivity contribution in [1.82, 2.24) is 19.7 Å². The molecule has 1 aromatic carbocycles. The van der Waals surface area contributed by atoms with Gasteiger partial charge < -0.3 is 33.9 Å². The highest BCUT2D eigenvalue weighted by Gasteiger charge is 2.91. The van der Waals surface area contributed by atoms with Crippen molar-refractivity contribution in [3.8, 4) is 5.75 Å². The summed E-state index contributed by atoms with van der Waals surface area (Å²) < 4.78 is 57.2. The minimum Gasteiger partial charge on any atom is -0.461 e. The van der Waals surface area contributed by atoms with Crippen LogP contribution in [0.1, 0.15) is 52.3 Å². The first kappa shape index (κ1) is 32.8. The molecule has 3 fully saturated rings. The minimum atomic E-state index is -4.50. The van der Waals surface area contributed by atoms with Crippen molar-refractivity contribution in [2.24, 2.45) is 0 Å². The van der Waals surface area contributed by atoms with Crippen molar-refractivity contribution < 1.29 is 51.7 Å². The number of benzene rings is 1. The second-order valence-electron chi connectivity index (χ2n) is 11.7. The van der Waals surface area contributed by atoms with E-state index in [2.05, 4.69) is 15.2 Å². The van der Waals surface area contributed by atoms with Crippen LogP contribution in [0.3, 0.4) is 0 Å². The van der Waals surface area contributed by atoms with Gasteiger partial charge in [-0.25, -0.2) is 14.1 Å². The van der Waals surface area contributed by atoms with Crippen molar-refractivity contribution in [3.63, 3.8) is 0 Å². The zero-order chi connectivity index (χ0) is 33.6. The van der Waals surface area contributed by atoms with Gasteiger partial charge in [-0.05, 0) is 38.1 Å². The molecule has 2 saturated heterocycles. The molecular weight excluding hydrogens is 637 g/mol. The number of nitrogens with two attached hydrogens (primary N) is 1. The average molecular weight is 674 g/mol. The first-order valence-electron chi connectivity index (χ1n) is 15.1. The van der Waals surface area contributed by atoms with Crippen LogP contribution in [0.25, 0.3) is 5.52 Å². The lowest BCUT2D eigenvalue weighted by molar-refractivity contribution is -0.174. The van der Waals surface area contributed by atoms with Gasteiger partial charge in [0.1, 0.15) is 47.5 Å². The van der Waals surface area contributed by atoms with E-state index in [1.54, 1.807) is 49.4 Å². The number of carbonyl (C=O) groups excluding carboxylic acids is 3. The van der Waals surface area contributed by atoms with Gasteiger partial charge in [-0.2, -0.15) is 10.2 Å². The number of para-hydroxylation sites is 1. The van der Waals surface area contributed by atoms with Gasteiger partial charge in [-0.15, -0.1) is 0 Å². The van der Waals surface area contributed by atoms with Crippen molar-refractivity contribution >= 4 is 37.0 Å². The van der Waals surface area contributed by atoms with E-state index in [4.69, 9.17) is 38.5 Å². The molecule has 2 unspecified atom stereocenters. The number of fused-ring (bicyclic) bond motifs is 2. The number of nitrogen functional groups attached to an aromatic ring is 1. The van der Waals surface area contributed by atoms with E-state index < -0.39 is 61.2 Å². The van der Waals surface area contributed by atoms with E-state index in [0.717, 1.165) is 0 Å². The molecule has 4 heterocycles. The Morgan fingerprint density at radius 2 is 1.81 bits per heavy atom. The van der Waals surface area contributed by atoms with Crippen LogP contribution in [-0.4, -0.2) is 81.3 Å². The van der Waals surface area contributed by atoms with E-state index in [1.807, 2.05) is 0 Å². The normalized spacial score (nSPS) is 28.9. The van der Waals surface area contributed by atoms with E-state index in [9.17, 15) is 18.9 Å². The quantitative estimate of drug-likeness (QED) is 0.171. The Morgan fingerprint density at radius 3 is 2.49 bits per heavy atom. The fourth-order valence-electron chi connectivity index (χ4n) is 6.23. The molecular formula is C30H36N5O11P. The maximum absolute atomic E-state index is 14.6. The standard InChI is InChI=1S/C30H36N5O11P/c1-17(27(38)42-20-12-14-40-15-13-20)34-47(39,45-21-8-6-5-7-9-21)46-28-29(4)30(28,43-19(3)37)25(41-18(2)36)24(44-29)22-10-11-23-26(31)32-16-33-35(22)23/h5-11,16-17,20,24-25,28H,12-15H2,1-4H3,(H,34,39)(H2,31,32,33)/t17-,24-,25-,28?,29+,30+,47?/m0/s1. The Hall–Kier alpha value is -4.08. The highest BCUT2D eigenvalue weighted by Crippen LogP contribution is 2.70. The molecule has 1 aliphatic carbocycles. The Bertz CT molecular complexity index is 1720. The molecule has 1 saturated carbocycles. The van der Waals surface area contributed by atoms with Crippen LogP contribution in [-0.2, 0) is 47.2 Å². The number of carbonyl (C=O) groups is 3. The monoisotopic (exact) mass is 673 g/mol. The third-order valence-corrected chi connectivity index (χ3v) is 10.1. The van der Waals surface area contributed by atoms with Gasteiger partial charge in [0.05, 0.1) is 18.9 Å². The van der Waals surface area contributed by atoms with Gasteiger partial charge in [-0.1, -0.05) is 18.2 Å². The Labute approximate surface area is 269 Å². The first-order valence-corrected chi connectivity index (χ1v) is 16.6. The molecule has 0 bridgehead atoms. The molecule has 16 nitrogen and oxygen atoms in total. The molecule has 47 heavy (non-hydrogen) atoms. The van der Waals surface area contributed by atoms with Gasteiger partial charge in [0.15, 0.2) is 11.9 Å². The topological polar surface area (TPSA) is 201 Å². The fraction of sp³-hybridized carbons (Fsp3) is 0.500. The van der Waals surface area contributed by atoms with Crippen LogP contribution in [0, 0.1) is 0 Å². The average Bonchev–Trinajstić information content (AvgIpc) is 3.29. The van der Waals surface area contributed by atoms with Gasteiger partial charge >= 0.3 is 25.7 Å². The number of anilines is 1. The summed E-state index contributed by atoms with van der Waals surface area (Å²) in [6, 6.07) is 10.4. The molecule has 252 valence electrons. The van der Waals surface area contributed by atoms with E-state index in [-0.39, 0.29) is 17.7 Å². The number of nitrogens with one attached hydrogen (secondary N) is 1. The highest BCUT2D eigenvalue weighted by molar-refractivity contribution is 7.52. The largest absolute Gasteiger partial charge is 0.461 e. The van der Waals surface area contributed by atoms with Crippen molar-refractivity contribution in [1.29, 1.82) is 0 Å². The van der Waals surface area contributed by atoms with Gasteiger partial charge in [0, 0.05) is 26.7 Å². The number of ether oxygens (including phenoxy) is 5. The van der Waals surface area contributed by atoms with Crippen LogP contribution in [0.15, 0.2) is 48.8 Å². The Kier molecular flexibility index (Phi) is 8.74. The molecule has 3 aromatic rings. The van der Waals surface area contributed by atoms with Crippen molar-refractivity contribution in [2.75, 3.05) is 18.9 Å². The maximum Gasteiger partial charge on any atom is 0.459 e. The zero-order valence-electron chi connectivity index (χ0n) is 26.2. The number of rotatable bonds is 11. The Balaban J connectivity index is 1.33. The third kappa shape index (κ3) is 6.07. The summed E-state index contributed by atoms with van der Waals surface area (Å²) in [6.45, 7) is 6.33. The molecule has 0 spiro atoms. The second-order valence-corrected chi connectivity index (χ2v) is 13.4. The lowest BCUT2D eigenvalue weighted by Crippen LogP contribution is -2.43. The predicted molar refractivity (Wildman–Crippen MR) is 162 cm³/mol. The summed E-state index contributed by atoms with van der Waals surface area (Å²) in [5.41, 5.74) is 3.61. The number of hydrogen-bond donors (Lipinski definition) is 2. The van der Waals surface area contributed by atoms with Crippen molar-refractivity contribution in [2.45, 2.75) is 82.2 Å². The minimum absolute atomic E-state index is 0.165. The molecule has 0 radical (unpaired) electrons. The molecule has 0 amide bonds. The number of aromatic nitrogens is 3. The molecule has 17 heteroatoms. The van der Waals surface area contributed by atoms with Crippen LogP contribution >= 0.6 is 7.75 Å². The SMILES string of the molecule is CC(=O)O[C@H]1[C@H](c2ccc3c(N)ncnn23)O[C@]2(C)C(OP(=O)(N[C@@H](C)C(=O)OC3CCOCC3)Oc3ccccc3)[C@]12OC(C)=O. The van der Waals surface area contributed by atoms with Gasteiger partial charge in [0.2, 0.25) is 5.60 Å². The molecule has 3 N–H and O–H groups in total. The molecule has 2 aromatic heterocycles. The smallest absolute Gasteiger partial charge is 0.459 e. The van der Waals surface area contributed by atoms with E-state index in [0.29, 0.717) is 37.3 Å². The highest BCUT2D eigenvalue weighted by atomic mass is 31.2. The number of hydrogen-bond acceptors (Lipinski definition) is 14. The zero-order valence-corrected chi connectivity index (χ0v) is 27.1. The summed E-state index contributed by atoms with van der Waals surface area (Å²) in [5.74, 6) is -1.75. The molecule has 6 rings (SSSR count). The molecule has 7 atom stereocenters. The number of esters is 3. The first-order chi connectivity index (χ1) is 22.4. The molecule has 3 aliphatic rings. The number of nitrogens with zero attached hydrogens (tertiary/aromatic N) is 3. The van der Waals surface area contributed by atoms with Crippen LogP contribution < -0.4 is 15.3 Å². The lowest BCUT2D eigenvalue weighted by Gasteiger charge is -2.30. The van der Waals surface area contributed by atoms with Crippen LogP contribution in [0.2, 0.25) is 0 Å². The predicted octanol–water partition coefficient (Wildman–Crippen LogP) is 2.66. The fourth-order valence-corrected chi connectivity index (χ4v) is 8.00. The van der Waals surface area contributed by atoms with E-state index in [1.165, 1.54) is 31.6 Å². The summed E-state index contributed by atoms with van der Waals surface area (Å²) in [5, 5.41) is 6.93. The van der Waals surface area contributed by atoms with E-state index >= 15 is 0 Å². The van der Waals surface area contributed by atoms with Crippen LogP contribution in [0.5, 0.6) is 5.75 Å². The maximum atomic E-state index is 14.6. The van der Waals surface area contributed by atoms with Crippen LogP contribution in [0.4, 0.5) is 5.82 Å². The Morgan fingerprint density at radius 1 is 1.09 bits per heavy atom. The van der Waals surface area contributed by atoms with Gasteiger partial charge in [-0.3, -0.25) is 18.9 Å². The summed E-state index contributed by atoms with van der Waals surface area (Å²) in [4.78, 5) is 42.2. The summed E-state index contributed by atoms with van der Waals surface area (Å²) in [6.07, 6.45) is -1.66. The summed E-state index contributed by atoms with van der Waals surface area (Å²) in [7, 11) is -4.50. The van der Waals surface area contributed by atoms with Crippen molar-refractivity contribution in [3.05, 3.63) is 54.5 Å². The second kappa shape index (κ2) is 12.5. The lowest BCUT2D eigenvalue weighted by atomic mass is 10.0. The molecule has 2 aliphatic heterocycles.